The molecule has 0 saturated heterocycles. The molecule has 1 nitrogen and oxygen atoms in total. The molecule has 1 aliphatic rings. The van der Waals surface area contributed by atoms with Crippen LogP contribution in [-0.2, 0) is 6.42 Å². The van der Waals surface area contributed by atoms with Gasteiger partial charge in [-0.1, -0.05) is 37.0 Å². The summed E-state index contributed by atoms with van der Waals surface area (Å²) in [6, 6.07) is 4.66. The zero-order chi connectivity index (χ0) is 13.2. The number of aryl methyl sites for hydroxylation is 3. The third-order valence-electron chi connectivity index (χ3n) is 4.70. The maximum Gasteiger partial charge on any atom is 0.0219 e. The highest BCUT2D eigenvalue weighted by Gasteiger charge is 2.31. The predicted molar refractivity (Wildman–Crippen MR) is 79.2 cm³/mol. The third-order valence-corrected chi connectivity index (χ3v) is 4.70. The van der Waals surface area contributed by atoms with Crippen LogP contribution in [0.25, 0.3) is 0 Å². The fourth-order valence-electron chi connectivity index (χ4n) is 3.57. The number of hydrogen-bond donors (Lipinski definition) is 1. The van der Waals surface area contributed by atoms with Crippen molar-refractivity contribution >= 4 is 0 Å². The van der Waals surface area contributed by atoms with Gasteiger partial charge in [-0.2, -0.15) is 0 Å². The highest BCUT2D eigenvalue weighted by molar-refractivity contribution is 5.38. The molecule has 1 aromatic carbocycles. The molecule has 0 amide bonds. The van der Waals surface area contributed by atoms with Crippen molar-refractivity contribution in [1.29, 1.82) is 0 Å². The van der Waals surface area contributed by atoms with Crippen LogP contribution >= 0.6 is 0 Å². The molecule has 1 heteroatoms. The minimum absolute atomic E-state index is 0.350. The second kappa shape index (κ2) is 5.44. The lowest BCUT2D eigenvalue weighted by atomic mass is 9.76. The van der Waals surface area contributed by atoms with E-state index in [0.29, 0.717) is 5.54 Å². The Morgan fingerprint density at radius 1 is 1.00 bits per heavy atom. The normalized spacial score (nSPS) is 18.9. The molecule has 0 bridgehead atoms. The Morgan fingerprint density at radius 3 is 2.06 bits per heavy atom. The summed E-state index contributed by atoms with van der Waals surface area (Å²) in [7, 11) is 2.14. The molecule has 1 aromatic rings. The van der Waals surface area contributed by atoms with Crippen LogP contribution in [-0.4, -0.2) is 12.6 Å². The summed E-state index contributed by atoms with van der Waals surface area (Å²) in [5.74, 6) is 0. The van der Waals surface area contributed by atoms with E-state index in [2.05, 4.69) is 45.3 Å². The van der Waals surface area contributed by atoms with Crippen molar-refractivity contribution in [3.05, 3.63) is 34.4 Å². The largest absolute Gasteiger partial charge is 0.314 e. The topological polar surface area (TPSA) is 12.0 Å². The first-order valence-corrected chi connectivity index (χ1v) is 7.32. The maximum atomic E-state index is 3.63. The van der Waals surface area contributed by atoms with E-state index in [1.54, 1.807) is 5.56 Å². The minimum Gasteiger partial charge on any atom is -0.314 e. The molecule has 1 fully saturated rings. The average molecular weight is 245 g/mol. The van der Waals surface area contributed by atoms with Crippen LogP contribution in [0, 0.1) is 20.8 Å². The summed E-state index contributed by atoms with van der Waals surface area (Å²) in [6.45, 7) is 6.72. The molecule has 0 aromatic heterocycles. The van der Waals surface area contributed by atoms with E-state index < -0.39 is 0 Å². The average Bonchev–Trinajstić information content (AvgIpc) is 2.35. The maximum absolute atomic E-state index is 3.63. The van der Waals surface area contributed by atoms with Gasteiger partial charge in [0.1, 0.15) is 0 Å². The highest BCUT2D eigenvalue weighted by Crippen LogP contribution is 2.33. The quantitative estimate of drug-likeness (QED) is 0.846. The van der Waals surface area contributed by atoms with Gasteiger partial charge in [-0.05, 0) is 63.8 Å². The second-order valence-electron chi connectivity index (χ2n) is 6.15. The number of benzene rings is 1. The van der Waals surface area contributed by atoms with Gasteiger partial charge in [0.15, 0.2) is 0 Å². The van der Waals surface area contributed by atoms with Crippen LogP contribution in [0.3, 0.4) is 0 Å². The van der Waals surface area contributed by atoms with Gasteiger partial charge in [-0.15, -0.1) is 0 Å². The monoisotopic (exact) mass is 245 g/mol. The molecule has 0 radical (unpaired) electrons. The van der Waals surface area contributed by atoms with Gasteiger partial charge in [0.25, 0.3) is 0 Å². The van der Waals surface area contributed by atoms with Gasteiger partial charge < -0.3 is 5.32 Å². The van der Waals surface area contributed by atoms with Crippen LogP contribution in [0.4, 0.5) is 0 Å². The van der Waals surface area contributed by atoms with Crippen molar-refractivity contribution in [2.24, 2.45) is 0 Å². The molecule has 0 heterocycles. The Morgan fingerprint density at radius 2 is 1.56 bits per heavy atom. The summed E-state index contributed by atoms with van der Waals surface area (Å²) < 4.78 is 0. The fourth-order valence-corrected chi connectivity index (χ4v) is 3.57. The summed E-state index contributed by atoms with van der Waals surface area (Å²) >= 11 is 0. The molecule has 1 N–H and O–H groups in total. The Hall–Kier alpha value is -0.820. The van der Waals surface area contributed by atoms with Crippen molar-refractivity contribution in [3.8, 4) is 0 Å². The molecule has 0 aliphatic heterocycles. The number of hydrogen-bond acceptors (Lipinski definition) is 1. The molecule has 0 unspecified atom stereocenters. The minimum atomic E-state index is 0.350. The summed E-state index contributed by atoms with van der Waals surface area (Å²) in [5, 5.41) is 3.63. The lowest BCUT2D eigenvalue weighted by molar-refractivity contribution is 0.244. The molecule has 0 spiro atoms. The summed E-state index contributed by atoms with van der Waals surface area (Å²) in [5.41, 5.74) is 6.23. The first-order chi connectivity index (χ1) is 8.56. The smallest absolute Gasteiger partial charge is 0.0219 e. The molecular formula is C17H27N. The molecule has 0 atom stereocenters. The van der Waals surface area contributed by atoms with Crippen LogP contribution < -0.4 is 5.32 Å². The molecule has 1 aliphatic carbocycles. The zero-order valence-corrected chi connectivity index (χ0v) is 12.4. The summed E-state index contributed by atoms with van der Waals surface area (Å²) in [4.78, 5) is 0. The van der Waals surface area contributed by atoms with Crippen molar-refractivity contribution in [1.82, 2.24) is 5.32 Å². The van der Waals surface area contributed by atoms with E-state index >= 15 is 0 Å². The van der Waals surface area contributed by atoms with Crippen molar-refractivity contribution < 1.29 is 0 Å². The van der Waals surface area contributed by atoms with Gasteiger partial charge in [0, 0.05) is 5.54 Å². The fraction of sp³-hybridized carbons (Fsp3) is 0.647. The Labute approximate surface area is 112 Å². The van der Waals surface area contributed by atoms with E-state index in [4.69, 9.17) is 0 Å². The number of nitrogens with one attached hydrogen (secondary N) is 1. The number of rotatable bonds is 3. The lowest BCUT2D eigenvalue weighted by Crippen LogP contribution is -2.46. The van der Waals surface area contributed by atoms with Gasteiger partial charge in [0.05, 0.1) is 0 Å². The third kappa shape index (κ3) is 2.77. The predicted octanol–water partition coefficient (Wildman–Crippen LogP) is 4.08. The van der Waals surface area contributed by atoms with Gasteiger partial charge in [0.2, 0.25) is 0 Å². The van der Waals surface area contributed by atoms with Crippen LogP contribution in [0.15, 0.2) is 12.1 Å². The van der Waals surface area contributed by atoms with Gasteiger partial charge >= 0.3 is 0 Å². The summed E-state index contributed by atoms with van der Waals surface area (Å²) in [6.07, 6.45) is 8.03. The first-order valence-electron chi connectivity index (χ1n) is 7.32. The van der Waals surface area contributed by atoms with E-state index in [0.717, 1.165) is 0 Å². The first kappa shape index (κ1) is 13.6. The Bertz CT molecular complexity index is 391. The molecular weight excluding hydrogens is 218 g/mol. The zero-order valence-electron chi connectivity index (χ0n) is 12.4. The van der Waals surface area contributed by atoms with E-state index in [-0.39, 0.29) is 0 Å². The van der Waals surface area contributed by atoms with E-state index in [1.165, 1.54) is 55.2 Å². The standard InChI is InChI=1S/C17H27N/c1-13-10-14(2)16(15(3)11-13)12-17(18-4)8-6-5-7-9-17/h10-11,18H,5-9,12H2,1-4H3. The van der Waals surface area contributed by atoms with E-state index in [9.17, 15) is 0 Å². The van der Waals surface area contributed by atoms with Crippen molar-refractivity contribution in [3.63, 3.8) is 0 Å². The Kier molecular flexibility index (Phi) is 4.11. The molecule has 100 valence electrons. The van der Waals surface area contributed by atoms with Crippen LogP contribution in [0.5, 0.6) is 0 Å². The lowest BCUT2D eigenvalue weighted by Gasteiger charge is -2.38. The van der Waals surface area contributed by atoms with E-state index in [1.807, 2.05) is 0 Å². The van der Waals surface area contributed by atoms with Crippen LogP contribution in [0.1, 0.15) is 54.4 Å². The molecule has 1 saturated carbocycles. The van der Waals surface area contributed by atoms with Gasteiger partial charge in [-0.3, -0.25) is 0 Å². The van der Waals surface area contributed by atoms with Gasteiger partial charge in [-0.25, -0.2) is 0 Å². The second-order valence-corrected chi connectivity index (χ2v) is 6.15. The molecule has 2 rings (SSSR count). The van der Waals surface area contributed by atoms with Crippen molar-refractivity contribution in [2.75, 3.05) is 7.05 Å². The Balaban J connectivity index is 2.27. The number of likely N-dealkylation sites (N-methyl/N-ethyl adjacent to an activating group) is 1. The SMILES string of the molecule is CNC1(Cc2c(C)cc(C)cc2C)CCCCC1. The van der Waals surface area contributed by atoms with Crippen molar-refractivity contribution in [2.45, 2.75) is 64.8 Å². The van der Waals surface area contributed by atoms with Crippen LogP contribution in [0.2, 0.25) is 0 Å². The highest BCUT2D eigenvalue weighted by atomic mass is 14.9. The molecule has 18 heavy (non-hydrogen) atoms.